The molecular weight excluding hydrogens is 303 g/mol. The molecule has 1 unspecified atom stereocenters. The van der Waals surface area contributed by atoms with Gasteiger partial charge in [-0.1, -0.05) is 36.4 Å². The van der Waals surface area contributed by atoms with Gasteiger partial charge in [-0.2, -0.15) is 0 Å². The lowest BCUT2D eigenvalue weighted by Crippen LogP contribution is -2.09. The summed E-state index contributed by atoms with van der Waals surface area (Å²) in [5.74, 6) is 0.607. The first-order valence-corrected chi connectivity index (χ1v) is 8.68. The van der Waals surface area contributed by atoms with Crippen LogP contribution in [0.2, 0.25) is 0 Å². The second kappa shape index (κ2) is 7.07. The van der Waals surface area contributed by atoms with Crippen molar-refractivity contribution in [3.05, 3.63) is 65.2 Å². The Morgan fingerprint density at radius 2 is 1.41 bits per heavy atom. The molecule has 6 heteroatoms. The Balaban J connectivity index is 2.00. The Labute approximate surface area is 129 Å². The molecule has 5 nitrogen and oxygen atoms in total. The second-order valence-electron chi connectivity index (χ2n) is 5.18. The number of hydrogen-bond acceptors (Lipinski definition) is 3. The van der Waals surface area contributed by atoms with Crippen molar-refractivity contribution in [2.75, 3.05) is 0 Å². The Morgan fingerprint density at radius 3 is 1.86 bits per heavy atom. The molecule has 0 aliphatic carbocycles. The molecule has 0 aliphatic heterocycles. The summed E-state index contributed by atoms with van der Waals surface area (Å²) in [4.78, 5) is 17.9. The smallest absolute Gasteiger partial charge is 0.329 e. The molecule has 0 radical (unpaired) electrons. The molecule has 3 N–H and O–H groups in total. The molecule has 0 spiro atoms. The molecule has 22 heavy (non-hydrogen) atoms. The molecule has 0 bridgehead atoms. The van der Waals surface area contributed by atoms with Crippen LogP contribution in [0.1, 0.15) is 23.6 Å². The van der Waals surface area contributed by atoms with Crippen molar-refractivity contribution >= 4 is 7.60 Å². The Hall–Kier alpha value is -1.65. The number of rotatable bonds is 6. The fourth-order valence-electron chi connectivity index (χ4n) is 2.12. The fourth-order valence-corrected chi connectivity index (χ4v) is 2.81. The van der Waals surface area contributed by atoms with E-state index >= 15 is 0 Å². The monoisotopic (exact) mass is 322 g/mol. The highest BCUT2D eigenvalue weighted by Crippen LogP contribution is 2.38. The summed E-state index contributed by atoms with van der Waals surface area (Å²) in [6.45, 7) is 1.55. The van der Waals surface area contributed by atoms with Gasteiger partial charge < -0.3 is 19.6 Å². The summed E-state index contributed by atoms with van der Waals surface area (Å²) < 4.78 is 16.1. The molecule has 0 heterocycles. The van der Waals surface area contributed by atoms with Crippen LogP contribution in [-0.2, 0) is 17.1 Å². The summed E-state index contributed by atoms with van der Waals surface area (Å²) in [5.41, 5.74) is 2.76. The first-order valence-electron chi connectivity index (χ1n) is 6.88. The van der Waals surface area contributed by atoms with Crippen molar-refractivity contribution in [3.8, 4) is 5.75 Å². The van der Waals surface area contributed by atoms with Crippen LogP contribution in [0.4, 0.5) is 0 Å². The highest BCUT2D eigenvalue weighted by atomic mass is 31.2. The molecule has 0 aromatic heterocycles. The quantitative estimate of drug-likeness (QED) is 0.562. The third-order valence-corrected chi connectivity index (χ3v) is 3.83. The van der Waals surface area contributed by atoms with Crippen LogP contribution < -0.4 is 4.74 Å². The van der Waals surface area contributed by atoms with E-state index in [2.05, 4.69) is 0 Å². The van der Waals surface area contributed by atoms with Crippen LogP contribution in [0.15, 0.2) is 48.5 Å². The Bertz CT molecular complexity index is 643. The summed E-state index contributed by atoms with van der Waals surface area (Å²) in [6.07, 6.45) is -0.364. The summed E-state index contributed by atoms with van der Waals surface area (Å²) in [6, 6.07) is 14.6. The number of aliphatic hydroxyl groups excluding tert-OH is 1. The van der Waals surface area contributed by atoms with E-state index in [1.54, 1.807) is 31.2 Å². The lowest BCUT2D eigenvalue weighted by atomic mass is 10.0. The van der Waals surface area contributed by atoms with Gasteiger partial charge in [0.15, 0.2) is 6.29 Å². The fraction of sp³-hybridized carbons (Fsp3) is 0.250. The van der Waals surface area contributed by atoms with Crippen molar-refractivity contribution in [1.82, 2.24) is 0 Å². The third kappa shape index (κ3) is 5.62. The SMILES string of the molecule is CC(O)Oc1ccc(Cc2ccc(CP(=O)(O)O)cc2)cc1. The molecule has 2 aromatic carbocycles. The highest BCUT2D eigenvalue weighted by Gasteiger charge is 2.13. The molecule has 1 atom stereocenters. The van der Waals surface area contributed by atoms with Crippen LogP contribution >= 0.6 is 7.60 Å². The van der Waals surface area contributed by atoms with Gasteiger partial charge in [0.25, 0.3) is 0 Å². The number of aliphatic hydroxyl groups is 1. The predicted octanol–water partition coefficient (Wildman–Crippen LogP) is 2.67. The molecule has 0 amide bonds. The van der Waals surface area contributed by atoms with Crippen molar-refractivity contribution in [1.29, 1.82) is 0 Å². The van der Waals surface area contributed by atoms with Crippen LogP contribution in [0, 0.1) is 0 Å². The van der Waals surface area contributed by atoms with Crippen LogP contribution in [0.3, 0.4) is 0 Å². The highest BCUT2D eigenvalue weighted by molar-refractivity contribution is 7.50. The molecule has 118 valence electrons. The van der Waals surface area contributed by atoms with Crippen molar-refractivity contribution < 1.29 is 24.2 Å². The number of hydrogen-bond donors (Lipinski definition) is 3. The van der Waals surface area contributed by atoms with Gasteiger partial charge in [0.1, 0.15) is 5.75 Å². The Morgan fingerprint density at radius 1 is 0.955 bits per heavy atom. The normalized spacial score (nSPS) is 12.9. The van der Waals surface area contributed by atoms with Gasteiger partial charge in [-0.05, 0) is 42.2 Å². The van der Waals surface area contributed by atoms with Crippen molar-refractivity contribution in [2.24, 2.45) is 0 Å². The first kappa shape index (κ1) is 16.7. The van der Waals surface area contributed by atoms with E-state index in [9.17, 15) is 4.57 Å². The lowest BCUT2D eigenvalue weighted by molar-refractivity contribution is -0.000305. The van der Waals surface area contributed by atoms with E-state index in [1.165, 1.54) is 0 Å². The predicted molar refractivity (Wildman–Crippen MR) is 83.7 cm³/mol. The average molecular weight is 322 g/mol. The second-order valence-corrected chi connectivity index (χ2v) is 6.82. The number of ether oxygens (including phenoxy) is 1. The zero-order valence-corrected chi connectivity index (χ0v) is 13.1. The summed E-state index contributed by atoms with van der Waals surface area (Å²) >= 11 is 0. The van der Waals surface area contributed by atoms with Crippen molar-refractivity contribution in [2.45, 2.75) is 25.8 Å². The molecule has 0 saturated carbocycles. The van der Waals surface area contributed by atoms with E-state index < -0.39 is 13.9 Å². The summed E-state index contributed by atoms with van der Waals surface area (Å²) in [5, 5.41) is 9.14. The maximum Gasteiger partial charge on any atom is 0.329 e. The van der Waals surface area contributed by atoms with Gasteiger partial charge in [0.2, 0.25) is 0 Å². The van der Waals surface area contributed by atoms with E-state index in [0.717, 1.165) is 11.1 Å². The third-order valence-electron chi connectivity index (χ3n) is 3.05. The van der Waals surface area contributed by atoms with E-state index in [4.69, 9.17) is 19.6 Å². The molecular formula is C16H19O5P. The summed E-state index contributed by atoms with van der Waals surface area (Å²) in [7, 11) is -4.02. The van der Waals surface area contributed by atoms with E-state index in [-0.39, 0.29) is 6.16 Å². The zero-order valence-electron chi connectivity index (χ0n) is 12.2. The van der Waals surface area contributed by atoms with Gasteiger partial charge >= 0.3 is 7.60 Å². The minimum atomic E-state index is -4.02. The molecule has 2 aromatic rings. The van der Waals surface area contributed by atoms with E-state index in [0.29, 0.717) is 17.7 Å². The van der Waals surface area contributed by atoms with Crippen LogP contribution in [-0.4, -0.2) is 21.2 Å². The Kier molecular flexibility index (Phi) is 5.37. The first-order chi connectivity index (χ1) is 10.3. The molecule has 2 rings (SSSR count). The molecule has 0 saturated heterocycles. The average Bonchev–Trinajstić information content (AvgIpc) is 2.41. The maximum atomic E-state index is 10.9. The van der Waals surface area contributed by atoms with Gasteiger partial charge in [-0.3, -0.25) is 4.57 Å². The van der Waals surface area contributed by atoms with Gasteiger partial charge in [0, 0.05) is 0 Å². The minimum Gasteiger partial charge on any atom is -0.465 e. The standard InChI is InChI=1S/C16H19O5P/c1-12(17)21-16-8-6-14(7-9-16)10-13-2-4-15(5-3-13)11-22(18,19)20/h2-9,12,17H,10-11H2,1H3,(H2,18,19,20). The lowest BCUT2D eigenvalue weighted by Gasteiger charge is -2.09. The largest absolute Gasteiger partial charge is 0.465 e. The number of benzene rings is 2. The van der Waals surface area contributed by atoms with Crippen LogP contribution in [0.25, 0.3) is 0 Å². The minimum absolute atomic E-state index is 0.237. The van der Waals surface area contributed by atoms with E-state index in [1.807, 2.05) is 24.3 Å². The van der Waals surface area contributed by atoms with Gasteiger partial charge in [0.05, 0.1) is 6.16 Å². The molecule has 0 fully saturated rings. The maximum absolute atomic E-state index is 10.9. The van der Waals surface area contributed by atoms with Crippen LogP contribution in [0.5, 0.6) is 5.75 Å². The zero-order chi connectivity index (χ0) is 16.2. The molecule has 0 aliphatic rings. The topological polar surface area (TPSA) is 87.0 Å². The van der Waals surface area contributed by atoms with Gasteiger partial charge in [-0.25, -0.2) is 0 Å². The van der Waals surface area contributed by atoms with Crippen molar-refractivity contribution in [3.63, 3.8) is 0 Å². The van der Waals surface area contributed by atoms with Gasteiger partial charge in [-0.15, -0.1) is 0 Å².